The molecule has 0 amide bonds. The molecule has 1 atom stereocenters. The number of hydrogen-bond acceptors (Lipinski definition) is 4. The molecule has 0 radical (unpaired) electrons. The summed E-state index contributed by atoms with van der Waals surface area (Å²) in [4.78, 5) is 22.3. The molecule has 3 rings (SSSR count). The van der Waals surface area contributed by atoms with Gasteiger partial charge >= 0.3 is 5.97 Å². The number of benzene rings is 1. The summed E-state index contributed by atoms with van der Waals surface area (Å²) in [7, 11) is 0. The number of nitrogens with zero attached hydrogens (tertiary/aromatic N) is 1. The van der Waals surface area contributed by atoms with E-state index >= 15 is 0 Å². The molecule has 0 saturated carbocycles. The van der Waals surface area contributed by atoms with Gasteiger partial charge in [-0.2, -0.15) is 0 Å². The summed E-state index contributed by atoms with van der Waals surface area (Å²) < 4.78 is 29.1. The lowest BCUT2D eigenvalue weighted by atomic mass is 9.91. The van der Waals surface area contributed by atoms with E-state index in [1.54, 1.807) is 20.8 Å². The highest BCUT2D eigenvalue weighted by Crippen LogP contribution is 2.37. The minimum atomic E-state index is -0.705. The van der Waals surface area contributed by atoms with E-state index in [0.29, 0.717) is 11.3 Å². The van der Waals surface area contributed by atoms with Crippen LogP contribution in [0.5, 0.6) is 0 Å². The molecule has 1 aromatic heterocycles. The lowest BCUT2D eigenvalue weighted by Crippen LogP contribution is -2.33. The largest absolute Gasteiger partial charge is 0.369 e. The average molecular weight is 546 g/mol. The molecule has 0 spiro atoms. The lowest BCUT2D eigenvalue weighted by Gasteiger charge is -2.26. The molecule has 1 N–H and O–H groups in total. The van der Waals surface area contributed by atoms with Crippen LogP contribution in [-0.4, -0.2) is 11.0 Å². The van der Waals surface area contributed by atoms with E-state index < -0.39 is 29.1 Å². The second-order valence-corrected chi connectivity index (χ2v) is 10.1. The molecule has 4 nitrogen and oxygen atoms in total. The van der Waals surface area contributed by atoms with Crippen molar-refractivity contribution in [3.8, 4) is 0 Å². The Kier molecular flexibility index (Phi) is 7.30. The summed E-state index contributed by atoms with van der Waals surface area (Å²) >= 11 is 7.25. The topological polar surface area (TPSA) is 51.2 Å². The highest BCUT2D eigenvalue weighted by atomic mass is 79.9. The molecular formula is C22H24Br2F2N2O2. The first kappa shape index (κ1) is 23.3. The fraction of sp³-hybridized carbons (Fsp3) is 0.455. The molecule has 2 aromatic rings. The van der Waals surface area contributed by atoms with Gasteiger partial charge in [-0.15, -0.1) is 5.48 Å². The summed E-state index contributed by atoms with van der Waals surface area (Å²) in [5.41, 5.74) is 5.47. The minimum Gasteiger partial charge on any atom is -0.369 e. The van der Waals surface area contributed by atoms with Crippen LogP contribution in [0, 0.1) is 17.0 Å². The molecule has 0 bridgehead atoms. The molecular weight excluding hydrogens is 522 g/mol. The van der Waals surface area contributed by atoms with Gasteiger partial charge in [0.15, 0.2) is 0 Å². The van der Waals surface area contributed by atoms with Crippen molar-refractivity contribution < 1.29 is 18.4 Å². The zero-order chi connectivity index (χ0) is 22.1. The summed E-state index contributed by atoms with van der Waals surface area (Å²) in [5.74, 6) is -1.76. The van der Waals surface area contributed by atoms with Crippen molar-refractivity contribution in [2.45, 2.75) is 58.9 Å². The molecule has 1 unspecified atom stereocenters. The maximum absolute atomic E-state index is 13.7. The Balaban J connectivity index is 1.98. The van der Waals surface area contributed by atoms with Crippen molar-refractivity contribution in [2.75, 3.05) is 0 Å². The molecule has 30 heavy (non-hydrogen) atoms. The standard InChI is InChI=1S/C22H24Br2F2N2O2/c1-22(2,3)21(29)30-28-17(10-12-8-13(25)11-14(26)9-12)19-18(23)15-6-4-5-7-16(15)20(24)27-19/h8-9,11,17,28H,4-7,10H2,1-3H3. The Bertz CT molecular complexity index is 941. The maximum atomic E-state index is 13.7. The van der Waals surface area contributed by atoms with E-state index in [2.05, 4.69) is 37.3 Å². The number of hydroxylamine groups is 1. The fourth-order valence-electron chi connectivity index (χ4n) is 3.42. The van der Waals surface area contributed by atoms with Crippen LogP contribution in [0.2, 0.25) is 0 Å². The average Bonchev–Trinajstić information content (AvgIpc) is 2.66. The molecule has 1 heterocycles. The van der Waals surface area contributed by atoms with Crippen LogP contribution < -0.4 is 5.48 Å². The van der Waals surface area contributed by atoms with Crippen LogP contribution in [0.25, 0.3) is 0 Å². The smallest absolute Gasteiger partial charge is 0.330 e. The first-order valence-corrected chi connectivity index (χ1v) is 11.4. The lowest BCUT2D eigenvalue weighted by molar-refractivity contribution is -0.163. The number of fused-ring (bicyclic) bond motifs is 1. The van der Waals surface area contributed by atoms with Crippen LogP contribution in [0.3, 0.4) is 0 Å². The molecule has 1 aliphatic carbocycles. The molecule has 0 saturated heterocycles. The first-order chi connectivity index (χ1) is 14.1. The SMILES string of the molecule is CC(C)(C)C(=O)ONC(Cc1cc(F)cc(F)c1)c1nc(Br)c2c(c1Br)CCCC2. The molecule has 8 heteroatoms. The third-order valence-electron chi connectivity index (χ3n) is 5.02. The Morgan fingerprint density at radius 2 is 1.73 bits per heavy atom. The van der Waals surface area contributed by atoms with E-state index in [4.69, 9.17) is 9.82 Å². The van der Waals surface area contributed by atoms with Gasteiger partial charge in [-0.3, -0.25) is 0 Å². The third kappa shape index (κ3) is 5.45. The first-order valence-electron chi connectivity index (χ1n) is 9.84. The van der Waals surface area contributed by atoms with Crippen molar-refractivity contribution in [1.82, 2.24) is 10.5 Å². The minimum absolute atomic E-state index is 0.183. The van der Waals surface area contributed by atoms with Gasteiger partial charge in [-0.25, -0.2) is 18.6 Å². The van der Waals surface area contributed by atoms with Crippen molar-refractivity contribution in [2.24, 2.45) is 5.41 Å². The van der Waals surface area contributed by atoms with Crippen molar-refractivity contribution in [3.05, 3.63) is 61.3 Å². The van der Waals surface area contributed by atoms with E-state index in [0.717, 1.165) is 46.4 Å². The van der Waals surface area contributed by atoms with Crippen LogP contribution >= 0.6 is 31.9 Å². The van der Waals surface area contributed by atoms with Crippen molar-refractivity contribution >= 4 is 37.8 Å². The van der Waals surface area contributed by atoms with Gasteiger partial charge < -0.3 is 4.84 Å². The van der Waals surface area contributed by atoms with Gasteiger partial charge in [0.25, 0.3) is 0 Å². The van der Waals surface area contributed by atoms with Crippen LogP contribution in [-0.2, 0) is 28.9 Å². The zero-order valence-electron chi connectivity index (χ0n) is 17.1. The van der Waals surface area contributed by atoms with E-state index in [9.17, 15) is 13.6 Å². The fourth-order valence-corrected chi connectivity index (χ4v) is 4.85. The number of pyridine rings is 1. The molecule has 1 aliphatic rings. The number of carbonyl (C=O) groups excluding carboxylic acids is 1. The number of hydrogen-bond donors (Lipinski definition) is 1. The Labute approximate surface area is 192 Å². The van der Waals surface area contributed by atoms with Gasteiger partial charge in [0, 0.05) is 10.5 Å². The summed E-state index contributed by atoms with van der Waals surface area (Å²) in [6.07, 6.45) is 4.21. The van der Waals surface area contributed by atoms with Gasteiger partial charge in [0.1, 0.15) is 16.2 Å². The Hall–Kier alpha value is -1.38. The van der Waals surface area contributed by atoms with Crippen LogP contribution in [0.1, 0.15) is 62.0 Å². The number of nitrogens with one attached hydrogen (secondary N) is 1. The summed E-state index contributed by atoms with van der Waals surface area (Å²) in [5, 5.41) is 0. The van der Waals surface area contributed by atoms with E-state index in [1.807, 2.05) is 0 Å². The second-order valence-electron chi connectivity index (χ2n) is 8.56. The normalized spacial score (nSPS) is 14.9. The predicted molar refractivity (Wildman–Crippen MR) is 118 cm³/mol. The number of rotatable bonds is 5. The summed E-state index contributed by atoms with van der Waals surface area (Å²) in [6, 6.07) is 2.76. The Morgan fingerprint density at radius 1 is 1.13 bits per heavy atom. The van der Waals surface area contributed by atoms with Crippen LogP contribution in [0.15, 0.2) is 27.3 Å². The van der Waals surface area contributed by atoms with Crippen molar-refractivity contribution in [1.29, 1.82) is 0 Å². The monoisotopic (exact) mass is 544 g/mol. The third-order valence-corrected chi connectivity index (χ3v) is 6.56. The predicted octanol–water partition coefficient (Wildman–Crippen LogP) is 6.14. The van der Waals surface area contributed by atoms with E-state index in [1.165, 1.54) is 17.7 Å². The van der Waals surface area contributed by atoms with Gasteiger partial charge in [-0.05, 0) is 114 Å². The highest BCUT2D eigenvalue weighted by Gasteiger charge is 2.28. The zero-order valence-corrected chi connectivity index (χ0v) is 20.3. The second kappa shape index (κ2) is 9.40. The maximum Gasteiger partial charge on any atom is 0.330 e. The highest BCUT2D eigenvalue weighted by molar-refractivity contribution is 9.11. The number of carbonyl (C=O) groups is 1. The van der Waals surface area contributed by atoms with Gasteiger partial charge in [-0.1, -0.05) is 0 Å². The Morgan fingerprint density at radius 3 is 2.33 bits per heavy atom. The summed E-state index contributed by atoms with van der Waals surface area (Å²) in [6.45, 7) is 5.24. The number of halogens is 4. The molecule has 162 valence electrons. The van der Waals surface area contributed by atoms with Gasteiger partial charge in [0.05, 0.1) is 17.2 Å². The van der Waals surface area contributed by atoms with Gasteiger partial charge in [0.2, 0.25) is 0 Å². The quantitative estimate of drug-likeness (QED) is 0.362. The van der Waals surface area contributed by atoms with Crippen LogP contribution in [0.4, 0.5) is 8.78 Å². The van der Waals surface area contributed by atoms with E-state index in [-0.39, 0.29) is 6.42 Å². The number of aromatic nitrogens is 1. The van der Waals surface area contributed by atoms with Crippen molar-refractivity contribution in [3.63, 3.8) is 0 Å². The molecule has 1 aromatic carbocycles. The molecule has 0 aliphatic heterocycles. The molecule has 0 fully saturated rings.